The lowest BCUT2D eigenvalue weighted by Gasteiger charge is -2.36. The number of nitrogens with zero attached hydrogens (tertiary/aromatic N) is 1. The number of aliphatic hydroxyl groups is 2. The van der Waals surface area contributed by atoms with Crippen LogP contribution in [0.4, 0.5) is 5.69 Å². The van der Waals surface area contributed by atoms with Crippen LogP contribution in [0.3, 0.4) is 0 Å². The number of hydrogen-bond acceptors (Lipinski definition) is 3. The van der Waals surface area contributed by atoms with Crippen LogP contribution in [0.25, 0.3) is 0 Å². The minimum atomic E-state index is -0.360. The summed E-state index contributed by atoms with van der Waals surface area (Å²) in [6.07, 6.45) is 1.05. The first-order chi connectivity index (χ1) is 8.61. The Labute approximate surface area is 109 Å². The van der Waals surface area contributed by atoms with Crippen molar-refractivity contribution in [2.45, 2.75) is 38.9 Å². The summed E-state index contributed by atoms with van der Waals surface area (Å²) in [5, 5.41) is 19.5. The summed E-state index contributed by atoms with van der Waals surface area (Å²) in [6.45, 7) is 5.87. The number of benzene rings is 1. The molecule has 1 aromatic rings. The minimum Gasteiger partial charge on any atom is -0.393 e. The Morgan fingerprint density at radius 2 is 2.00 bits per heavy atom. The second-order valence-corrected chi connectivity index (χ2v) is 5.29. The SMILES string of the molecule is CC[C@@H](O)c1ccc(N2CCC(O)C(C)C2)cc1. The summed E-state index contributed by atoms with van der Waals surface area (Å²) >= 11 is 0. The van der Waals surface area contributed by atoms with Crippen LogP contribution in [-0.4, -0.2) is 29.4 Å². The zero-order valence-corrected chi connectivity index (χ0v) is 11.2. The summed E-state index contributed by atoms with van der Waals surface area (Å²) < 4.78 is 0. The average molecular weight is 249 g/mol. The van der Waals surface area contributed by atoms with Crippen molar-refractivity contribution in [2.24, 2.45) is 5.92 Å². The van der Waals surface area contributed by atoms with Gasteiger partial charge in [0.25, 0.3) is 0 Å². The van der Waals surface area contributed by atoms with Gasteiger partial charge in [-0.15, -0.1) is 0 Å². The molecule has 0 saturated carbocycles. The largest absolute Gasteiger partial charge is 0.393 e. The van der Waals surface area contributed by atoms with Crippen LogP contribution < -0.4 is 4.90 Å². The Morgan fingerprint density at radius 3 is 2.56 bits per heavy atom. The van der Waals surface area contributed by atoms with Gasteiger partial charge in [-0.3, -0.25) is 0 Å². The Bertz CT molecular complexity index is 377. The van der Waals surface area contributed by atoms with E-state index in [0.29, 0.717) is 5.92 Å². The van der Waals surface area contributed by atoms with Gasteiger partial charge in [-0.25, -0.2) is 0 Å². The van der Waals surface area contributed by atoms with E-state index in [4.69, 9.17) is 0 Å². The van der Waals surface area contributed by atoms with E-state index >= 15 is 0 Å². The highest BCUT2D eigenvalue weighted by molar-refractivity contribution is 5.48. The molecule has 1 aromatic carbocycles. The van der Waals surface area contributed by atoms with Crippen molar-refractivity contribution in [1.82, 2.24) is 0 Å². The van der Waals surface area contributed by atoms with Gasteiger partial charge < -0.3 is 15.1 Å². The fraction of sp³-hybridized carbons (Fsp3) is 0.600. The van der Waals surface area contributed by atoms with Gasteiger partial charge in [0.1, 0.15) is 0 Å². The number of aliphatic hydroxyl groups excluding tert-OH is 2. The topological polar surface area (TPSA) is 43.7 Å². The maximum absolute atomic E-state index is 9.76. The fourth-order valence-corrected chi connectivity index (χ4v) is 2.51. The van der Waals surface area contributed by atoms with Crippen molar-refractivity contribution >= 4 is 5.69 Å². The lowest BCUT2D eigenvalue weighted by molar-refractivity contribution is 0.0971. The molecule has 1 heterocycles. The molecule has 1 aliphatic heterocycles. The maximum atomic E-state index is 9.76. The van der Waals surface area contributed by atoms with Crippen LogP contribution >= 0.6 is 0 Å². The summed E-state index contributed by atoms with van der Waals surface area (Å²) in [4.78, 5) is 2.31. The van der Waals surface area contributed by atoms with Crippen LogP contribution in [0, 0.1) is 5.92 Å². The van der Waals surface area contributed by atoms with E-state index in [1.165, 1.54) is 5.69 Å². The second-order valence-electron chi connectivity index (χ2n) is 5.29. The smallest absolute Gasteiger partial charge is 0.0787 e. The predicted molar refractivity (Wildman–Crippen MR) is 73.7 cm³/mol. The van der Waals surface area contributed by atoms with Gasteiger partial charge in [0.15, 0.2) is 0 Å². The third-order valence-corrected chi connectivity index (χ3v) is 3.89. The van der Waals surface area contributed by atoms with Crippen molar-refractivity contribution in [1.29, 1.82) is 0 Å². The third-order valence-electron chi connectivity index (χ3n) is 3.89. The maximum Gasteiger partial charge on any atom is 0.0787 e. The number of hydrogen-bond donors (Lipinski definition) is 2. The third kappa shape index (κ3) is 2.85. The Hall–Kier alpha value is -1.06. The first-order valence-electron chi connectivity index (χ1n) is 6.83. The second kappa shape index (κ2) is 5.72. The van der Waals surface area contributed by atoms with Crippen LogP contribution in [0.15, 0.2) is 24.3 Å². The van der Waals surface area contributed by atoms with Crippen molar-refractivity contribution < 1.29 is 10.2 Å². The average Bonchev–Trinajstić information content (AvgIpc) is 2.41. The molecular formula is C15H23NO2. The molecule has 0 aliphatic carbocycles. The molecule has 2 unspecified atom stereocenters. The van der Waals surface area contributed by atoms with Gasteiger partial charge in [-0.1, -0.05) is 26.0 Å². The lowest BCUT2D eigenvalue weighted by atomic mass is 9.96. The number of rotatable bonds is 3. The molecule has 100 valence electrons. The van der Waals surface area contributed by atoms with Crippen LogP contribution in [0.2, 0.25) is 0 Å². The van der Waals surface area contributed by atoms with Gasteiger partial charge >= 0.3 is 0 Å². The van der Waals surface area contributed by atoms with E-state index in [0.717, 1.165) is 31.5 Å². The molecule has 3 nitrogen and oxygen atoms in total. The highest BCUT2D eigenvalue weighted by Crippen LogP contribution is 2.25. The summed E-state index contributed by atoms with van der Waals surface area (Å²) in [6, 6.07) is 8.13. The zero-order chi connectivity index (χ0) is 13.1. The van der Waals surface area contributed by atoms with Gasteiger partial charge in [-0.05, 0) is 36.5 Å². The summed E-state index contributed by atoms with van der Waals surface area (Å²) in [7, 11) is 0. The molecular weight excluding hydrogens is 226 g/mol. The standard InChI is InChI=1S/C15H23NO2/c1-3-14(17)12-4-6-13(7-5-12)16-9-8-15(18)11(2)10-16/h4-7,11,14-15,17-18H,3,8-10H2,1-2H3/t11?,14-,15?/m1/s1. The molecule has 18 heavy (non-hydrogen) atoms. The molecule has 1 saturated heterocycles. The summed E-state index contributed by atoms with van der Waals surface area (Å²) in [5.41, 5.74) is 2.16. The van der Waals surface area contributed by atoms with E-state index in [2.05, 4.69) is 24.0 Å². The van der Waals surface area contributed by atoms with E-state index in [1.807, 2.05) is 19.1 Å². The Morgan fingerprint density at radius 1 is 1.33 bits per heavy atom. The highest BCUT2D eigenvalue weighted by Gasteiger charge is 2.24. The van der Waals surface area contributed by atoms with Crippen LogP contribution in [-0.2, 0) is 0 Å². The highest BCUT2D eigenvalue weighted by atomic mass is 16.3. The van der Waals surface area contributed by atoms with Crippen molar-refractivity contribution in [2.75, 3.05) is 18.0 Å². The monoisotopic (exact) mass is 249 g/mol. The van der Waals surface area contributed by atoms with E-state index in [1.54, 1.807) is 0 Å². The molecule has 3 atom stereocenters. The molecule has 2 rings (SSSR count). The fourth-order valence-electron chi connectivity index (χ4n) is 2.51. The molecule has 1 fully saturated rings. The number of anilines is 1. The summed E-state index contributed by atoms with van der Waals surface area (Å²) in [5.74, 6) is 0.319. The molecule has 0 spiro atoms. The van der Waals surface area contributed by atoms with E-state index in [-0.39, 0.29) is 12.2 Å². The van der Waals surface area contributed by atoms with Crippen molar-refractivity contribution in [3.05, 3.63) is 29.8 Å². The predicted octanol–water partition coefficient (Wildman–Crippen LogP) is 2.34. The number of piperidine rings is 1. The first kappa shape index (κ1) is 13.4. The van der Waals surface area contributed by atoms with Crippen LogP contribution in [0.1, 0.15) is 38.4 Å². The molecule has 0 aromatic heterocycles. The van der Waals surface area contributed by atoms with Crippen molar-refractivity contribution in [3.8, 4) is 0 Å². The molecule has 3 heteroatoms. The lowest BCUT2D eigenvalue weighted by Crippen LogP contribution is -2.41. The first-order valence-corrected chi connectivity index (χ1v) is 6.83. The van der Waals surface area contributed by atoms with Crippen LogP contribution in [0.5, 0.6) is 0 Å². The quantitative estimate of drug-likeness (QED) is 0.864. The molecule has 0 amide bonds. The minimum absolute atomic E-state index is 0.164. The Balaban J connectivity index is 2.06. The normalized spacial score (nSPS) is 26.1. The Kier molecular flexibility index (Phi) is 4.25. The van der Waals surface area contributed by atoms with Gasteiger partial charge in [-0.2, -0.15) is 0 Å². The van der Waals surface area contributed by atoms with E-state index in [9.17, 15) is 10.2 Å². The van der Waals surface area contributed by atoms with E-state index < -0.39 is 0 Å². The molecule has 1 aliphatic rings. The van der Waals surface area contributed by atoms with Gasteiger partial charge in [0, 0.05) is 18.8 Å². The van der Waals surface area contributed by atoms with Crippen molar-refractivity contribution in [3.63, 3.8) is 0 Å². The molecule has 0 radical (unpaired) electrons. The zero-order valence-electron chi connectivity index (χ0n) is 11.2. The molecule has 2 N–H and O–H groups in total. The molecule has 0 bridgehead atoms. The van der Waals surface area contributed by atoms with Gasteiger partial charge in [0.2, 0.25) is 0 Å². The van der Waals surface area contributed by atoms with Gasteiger partial charge in [0.05, 0.1) is 12.2 Å².